The predicted octanol–water partition coefficient (Wildman–Crippen LogP) is 2.96. The van der Waals surface area contributed by atoms with Crippen molar-refractivity contribution in [1.82, 2.24) is 15.6 Å². The predicted molar refractivity (Wildman–Crippen MR) is 88.6 cm³/mol. The first-order chi connectivity index (χ1) is 11.0. The maximum atomic E-state index is 11.9. The van der Waals surface area contributed by atoms with Crippen molar-refractivity contribution in [2.75, 3.05) is 6.54 Å². The first-order valence-corrected chi connectivity index (χ1v) is 7.98. The normalized spacial score (nSPS) is 11.7. The van der Waals surface area contributed by atoms with Crippen molar-refractivity contribution in [1.29, 1.82) is 0 Å². The van der Waals surface area contributed by atoms with Crippen LogP contribution in [-0.2, 0) is 6.42 Å². The van der Waals surface area contributed by atoms with E-state index >= 15 is 0 Å². The molecule has 8 heteroatoms. The van der Waals surface area contributed by atoms with E-state index in [9.17, 15) is 14.9 Å². The number of hydrogen-bond donors (Lipinski definition) is 2. The smallest absolute Gasteiger partial charge is 0.315 e. The van der Waals surface area contributed by atoms with Gasteiger partial charge in [-0.05, 0) is 20.3 Å². The molecule has 7 nitrogen and oxygen atoms in total. The molecule has 0 bridgehead atoms. The zero-order chi connectivity index (χ0) is 16.8. The van der Waals surface area contributed by atoms with E-state index in [0.29, 0.717) is 18.5 Å². The molecule has 0 unspecified atom stereocenters. The largest absolute Gasteiger partial charge is 0.338 e. The van der Waals surface area contributed by atoms with Crippen molar-refractivity contribution < 1.29 is 9.72 Å². The van der Waals surface area contributed by atoms with Gasteiger partial charge in [-0.2, -0.15) is 0 Å². The highest BCUT2D eigenvalue weighted by molar-refractivity contribution is 7.11. The number of urea groups is 1. The Morgan fingerprint density at radius 3 is 2.83 bits per heavy atom. The lowest BCUT2D eigenvalue weighted by Gasteiger charge is -2.12. The fourth-order valence-corrected chi connectivity index (χ4v) is 2.87. The van der Waals surface area contributed by atoms with Crippen molar-refractivity contribution >= 4 is 23.1 Å². The third-order valence-corrected chi connectivity index (χ3v) is 4.32. The number of nitro benzene ring substituents is 1. The molecule has 0 saturated carbocycles. The number of para-hydroxylation sites is 1. The van der Waals surface area contributed by atoms with Gasteiger partial charge >= 0.3 is 6.03 Å². The molecular formula is C15H18N4O3S. The molecule has 0 spiro atoms. The average molecular weight is 334 g/mol. The summed E-state index contributed by atoms with van der Waals surface area (Å²) in [6, 6.07) is 6.03. The average Bonchev–Trinajstić information content (AvgIpc) is 2.94. The highest BCUT2D eigenvalue weighted by atomic mass is 32.1. The standard InChI is InChI=1S/C15H18N4O3S/c1-10-9-17-14(23-10)11(2)18-15(20)16-8-7-12-5-3-4-6-13(12)19(21)22/h3-6,9,11H,7-8H2,1-2H3,(H2,16,18,20)/t11-/m0/s1. The number of benzene rings is 1. The number of carbonyl (C=O) groups is 1. The number of amides is 2. The molecule has 2 N–H and O–H groups in total. The van der Waals surface area contributed by atoms with E-state index in [-0.39, 0.29) is 17.8 Å². The number of nitro groups is 1. The van der Waals surface area contributed by atoms with Crippen LogP contribution < -0.4 is 10.6 Å². The van der Waals surface area contributed by atoms with E-state index in [1.807, 2.05) is 13.8 Å². The third-order valence-electron chi connectivity index (χ3n) is 3.23. The monoisotopic (exact) mass is 334 g/mol. The van der Waals surface area contributed by atoms with Crippen LogP contribution in [0.15, 0.2) is 30.5 Å². The lowest BCUT2D eigenvalue weighted by atomic mass is 10.1. The van der Waals surface area contributed by atoms with E-state index in [4.69, 9.17) is 0 Å². The summed E-state index contributed by atoms with van der Waals surface area (Å²) in [4.78, 5) is 27.7. The summed E-state index contributed by atoms with van der Waals surface area (Å²) in [6.07, 6.45) is 2.17. The molecular weight excluding hydrogens is 316 g/mol. The minimum absolute atomic E-state index is 0.0707. The first-order valence-electron chi connectivity index (χ1n) is 7.16. The van der Waals surface area contributed by atoms with Gasteiger partial charge in [-0.25, -0.2) is 9.78 Å². The summed E-state index contributed by atoms with van der Waals surface area (Å²) in [7, 11) is 0. The zero-order valence-electron chi connectivity index (χ0n) is 12.9. The van der Waals surface area contributed by atoms with Gasteiger partial charge in [-0.3, -0.25) is 10.1 Å². The van der Waals surface area contributed by atoms with Crippen LogP contribution >= 0.6 is 11.3 Å². The zero-order valence-corrected chi connectivity index (χ0v) is 13.7. The van der Waals surface area contributed by atoms with E-state index in [2.05, 4.69) is 15.6 Å². The van der Waals surface area contributed by atoms with Gasteiger partial charge in [0.2, 0.25) is 0 Å². The molecule has 0 radical (unpaired) electrons. The molecule has 1 atom stereocenters. The molecule has 0 aliphatic rings. The SMILES string of the molecule is Cc1cnc([C@H](C)NC(=O)NCCc2ccccc2[N+](=O)[O-])s1. The van der Waals surface area contributed by atoms with Crippen molar-refractivity contribution in [3.63, 3.8) is 0 Å². The topological polar surface area (TPSA) is 97.2 Å². The number of aromatic nitrogens is 1. The van der Waals surface area contributed by atoms with Crippen LogP contribution in [0, 0.1) is 17.0 Å². The Morgan fingerprint density at radius 2 is 2.17 bits per heavy atom. The maximum absolute atomic E-state index is 11.9. The van der Waals surface area contributed by atoms with Crippen LogP contribution in [0.25, 0.3) is 0 Å². The quantitative estimate of drug-likeness (QED) is 0.627. The number of nitrogens with one attached hydrogen (secondary N) is 2. The number of hydrogen-bond acceptors (Lipinski definition) is 5. The lowest BCUT2D eigenvalue weighted by molar-refractivity contribution is -0.385. The molecule has 122 valence electrons. The molecule has 23 heavy (non-hydrogen) atoms. The molecule has 2 amide bonds. The van der Waals surface area contributed by atoms with E-state index in [0.717, 1.165) is 9.88 Å². The van der Waals surface area contributed by atoms with E-state index in [1.54, 1.807) is 24.4 Å². The van der Waals surface area contributed by atoms with Crippen LogP contribution in [0.4, 0.5) is 10.5 Å². The van der Waals surface area contributed by atoms with Crippen molar-refractivity contribution in [3.8, 4) is 0 Å². The minimum atomic E-state index is -0.414. The highest BCUT2D eigenvalue weighted by Gasteiger charge is 2.14. The Labute approximate surface area is 137 Å². The Balaban J connectivity index is 1.82. The fourth-order valence-electron chi connectivity index (χ4n) is 2.09. The van der Waals surface area contributed by atoms with Gasteiger partial charge in [-0.1, -0.05) is 18.2 Å². The van der Waals surface area contributed by atoms with Crippen LogP contribution in [0.2, 0.25) is 0 Å². The number of thiazole rings is 1. The molecule has 1 aromatic heterocycles. The molecule has 0 fully saturated rings. The second-order valence-corrected chi connectivity index (χ2v) is 6.33. The molecule has 0 saturated heterocycles. The maximum Gasteiger partial charge on any atom is 0.315 e. The van der Waals surface area contributed by atoms with Crippen LogP contribution in [0.5, 0.6) is 0 Å². The van der Waals surface area contributed by atoms with Gasteiger partial charge in [0.05, 0.1) is 11.0 Å². The second kappa shape index (κ2) is 7.68. The van der Waals surface area contributed by atoms with Gasteiger partial charge in [0.25, 0.3) is 5.69 Å². The molecule has 0 aliphatic carbocycles. The first kappa shape index (κ1) is 16.9. The number of aryl methyl sites for hydroxylation is 1. The number of carbonyl (C=O) groups excluding carboxylic acids is 1. The van der Waals surface area contributed by atoms with Crippen molar-refractivity contribution in [2.24, 2.45) is 0 Å². The summed E-state index contributed by atoms with van der Waals surface area (Å²) in [5, 5.41) is 17.3. The molecule has 1 heterocycles. The van der Waals surface area contributed by atoms with Gasteiger partial charge in [0, 0.05) is 29.2 Å². The Kier molecular flexibility index (Phi) is 5.64. The Morgan fingerprint density at radius 1 is 1.43 bits per heavy atom. The molecule has 2 rings (SSSR count). The van der Waals surface area contributed by atoms with Gasteiger partial charge in [-0.15, -0.1) is 11.3 Å². The van der Waals surface area contributed by atoms with Crippen LogP contribution in [0.1, 0.15) is 28.4 Å². The summed E-state index contributed by atoms with van der Waals surface area (Å²) >= 11 is 1.54. The second-order valence-electron chi connectivity index (χ2n) is 5.07. The number of rotatable bonds is 6. The summed E-state index contributed by atoms with van der Waals surface area (Å²) in [5.74, 6) is 0. The lowest BCUT2D eigenvalue weighted by Crippen LogP contribution is -2.38. The Hall–Kier alpha value is -2.48. The Bertz CT molecular complexity index is 702. The van der Waals surface area contributed by atoms with Crippen LogP contribution in [-0.4, -0.2) is 22.5 Å². The summed E-state index contributed by atoms with van der Waals surface area (Å²) in [5.41, 5.74) is 0.669. The summed E-state index contributed by atoms with van der Waals surface area (Å²) in [6.45, 7) is 4.14. The minimum Gasteiger partial charge on any atom is -0.338 e. The third kappa shape index (κ3) is 4.75. The van der Waals surface area contributed by atoms with Crippen molar-refractivity contribution in [2.45, 2.75) is 26.3 Å². The van der Waals surface area contributed by atoms with Crippen molar-refractivity contribution in [3.05, 3.63) is 56.0 Å². The molecule has 1 aromatic carbocycles. The highest BCUT2D eigenvalue weighted by Crippen LogP contribution is 2.19. The number of nitrogens with zero attached hydrogens (tertiary/aromatic N) is 2. The van der Waals surface area contributed by atoms with Gasteiger partial charge in [0.1, 0.15) is 5.01 Å². The van der Waals surface area contributed by atoms with Gasteiger partial charge in [0.15, 0.2) is 0 Å². The van der Waals surface area contributed by atoms with Gasteiger partial charge < -0.3 is 10.6 Å². The van der Waals surface area contributed by atoms with E-state index < -0.39 is 4.92 Å². The summed E-state index contributed by atoms with van der Waals surface area (Å²) < 4.78 is 0. The fraction of sp³-hybridized carbons (Fsp3) is 0.333. The molecule has 2 aromatic rings. The molecule has 0 aliphatic heterocycles. The van der Waals surface area contributed by atoms with E-state index in [1.165, 1.54) is 17.4 Å². The van der Waals surface area contributed by atoms with Crippen LogP contribution in [0.3, 0.4) is 0 Å².